The van der Waals surface area contributed by atoms with Crippen LogP contribution in [0.3, 0.4) is 0 Å². The average Bonchev–Trinajstić information content (AvgIpc) is 2.85. The Hall–Kier alpha value is -1.90. The van der Waals surface area contributed by atoms with Gasteiger partial charge in [0, 0.05) is 19.4 Å². The summed E-state index contributed by atoms with van der Waals surface area (Å²) in [4.78, 5) is 0. The van der Waals surface area contributed by atoms with Gasteiger partial charge in [-0.1, -0.05) is 104 Å². The van der Waals surface area contributed by atoms with E-state index >= 15 is 4.39 Å². The third-order valence-electron chi connectivity index (χ3n) is 7.41. The second kappa shape index (κ2) is 12.0. The lowest BCUT2D eigenvalue weighted by Crippen LogP contribution is -2.20. The zero-order valence-electron chi connectivity index (χ0n) is 19.8. The third-order valence-corrected chi connectivity index (χ3v) is 11.2. The summed E-state index contributed by atoms with van der Waals surface area (Å²) in [7, 11) is -0.524. The fraction of sp³-hybridized carbons (Fsp3) is 0.400. The topological polar surface area (TPSA) is 0 Å². The normalized spacial score (nSPS) is 18.4. The Labute approximate surface area is 205 Å². The van der Waals surface area contributed by atoms with Crippen LogP contribution in [-0.2, 0) is 12.8 Å². The zero-order valence-corrected chi connectivity index (χ0v) is 21.7. The third kappa shape index (κ3) is 6.80. The lowest BCUT2D eigenvalue weighted by Gasteiger charge is -2.28. The molecule has 0 unspecified atom stereocenters. The zero-order chi connectivity index (χ0) is 23.0. The van der Waals surface area contributed by atoms with Crippen LogP contribution in [0.25, 0.3) is 11.1 Å². The molecule has 1 aliphatic rings. The molecule has 3 heteroatoms. The van der Waals surface area contributed by atoms with Crippen molar-refractivity contribution in [1.82, 2.24) is 0 Å². The number of hydrogen-bond donors (Lipinski definition) is 0. The first kappa shape index (κ1) is 24.2. The summed E-state index contributed by atoms with van der Waals surface area (Å²) < 4.78 is 15.1. The van der Waals surface area contributed by atoms with Crippen molar-refractivity contribution < 1.29 is 4.39 Å². The van der Waals surface area contributed by atoms with Gasteiger partial charge in [0.25, 0.3) is 0 Å². The summed E-state index contributed by atoms with van der Waals surface area (Å²) in [6.45, 7) is 2.29. The Bertz CT molecular complexity index is 1000. The van der Waals surface area contributed by atoms with Crippen molar-refractivity contribution in [1.29, 1.82) is 0 Å². The molecular formula is C30H36ClFSi. The molecular weight excluding hydrogens is 443 g/mol. The standard InChI is InChI=1S/C30H36ClFSi/c1-2-3-4-19-33-20-17-25(18-21-33)27-13-16-29(30(32)22-27)26-11-7-23(8-12-26)5-6-24-9-14-28(31)15-10-24/h7-16,22,25,33H,2-6,17-21H2,1H3. The highest BCUT2D eigenvalue weighted by molar-refractivity contribution is 6.59. The van der Waals surface area contributed by atoms with Crippen LogP contribution in [-0.4, -0.2) is 8.80 Å². The van der Waals surface area contributed by atoms with Gasteiger partial charge in [0.2, 0.25) is 0 Å². The van der Waals surface area contributed by atoms with E-state index < -0.39 is 8.80 Å². The molecule has 0 aromatic heterocycles. The molecule has 0 nitrogen and oxygen atoms in total. The van der Waals surface area contributed by atoms with Crippen LogP contribution >= 0.6 is 11.6 Å². The number of benzene rings is 3. The van der Waals surface area contributed by atoms with E-state index in [1.165, 1.54) is 66.9 Å². The minimum atomic E-state index is -0.524. The Morgan fingerprint density at radius 3 is 2.09 bits per heavy atom. The van der Waals surface area contributed by atoms with Gasteiger partial charge in [0.15, 0.2) is 0 Å². The van der Waals surface area contributed by atoms with Gasteiger partial charge in [0.05, 0.1) is 0 Å². The minimum Gasteiger partial charge on any atom is -0.206 e. The predicted octanol–water partition coefficient (Wildman–Crippen LogP) is 9.23. The van der Waals surface area contributed by atoms with Gasteiger partial charge >= 0.3 is 0 Å². The van der Waals surface area contributed by atoms with Crippen molar-refractivity contribution >= 4 is 20.4 Å². The largest absolute Gasteiger partial charge is 0.206 e. The summed E-state index contributed by atoms with van der Waals surface area (Å²) in [5.41, 5.74) is 5.43. The van der Waals surface area contributed by atoms with E-state index in [-0.39, 0.29) is 5.82 Å². The predicted molar refractivity (Wildman–Crippen MR) is 144 cm³/mol. The SMILES string of the molecule is CCCCC[SiH]1CCC(c2ccc(-c3ccc(CCc4ccc(Cl)cc4)cc3)c(F)c2)CC1. The van der Waals surface area contributed by atoms with Crippen molar-refractivity contribution in [2.45, 2.75) is 75.9 Å². The smallest absolute Gasteiger partial charge is 0.131 e. The van der Waals surface area contributed by atoms with Gasteiger partial charge in [-0.25, -0.2) is 4.39 Å². The lowest BCUT2D eigenvalue weighted by atomic mass is 9.91. The Morgan fingerprint density at radius 2 is 1.48 bits per heavy atom. The number of hydrogen-bond acceptors (Lipinski definition) is 0. The van der Waals surface area contributed by atoms with Gasteiger partial charge in [-0.05, 0) is 72.1 Å². The summed E-state index contributed by atoms with van der Waals surface area (Å²) in [5, 5.41) is 0.771. The van der Waals surface area contributed by atoms with Gasteiger partial charge in [0.1, 0.15) is 5.82 Å². The number of halogens is 2. The second-order valence-electron chi connectivity index (χ2n) is 9.78. The van der Waals surface area contributed by atoms with Crippen molar-refractivity contribution in [3.8, 4) is 11.1 Å². The van der Waals surface area contributed by atoms with Crippen molar-refractivity contribution in [2.75, 3.05) is 0 Å². The van der Waals surface area contributed by atoms with E-state index in [1.54, 1.807) is 0 Å². The molecule has 3 aromatic carbocycles. The molecule has 0 atom stereocenters. The molecule has 0 radical (unpaired) electrons. The van der Waals surface area contributed by atoms with Crippen molar-refractivity contribution in [3.63, 3.8) is 0 Å². The Kier molecular flexibility index (Phi) is 8.80. The Balaban J connectivity index is 1.33. The maximum Gasteiger partial charge on any atom is 0.131 e. The molecule has 3 aromatic rings. The van der Waals surface area contributed by atoms with Gasteiger partial charge in [-0.2, -0.15) is 0 Å². The molecule has 33 heavy (non-hydrogen) atoms. The highest BCUT2D eigenvalue weighted by Gasteiger charge is 2.23. The van der Waals surface area contributed by atoms with Crippen LogP contribution in [0.4, 0.5) is 4.39 Å². The average molecular weight is 479 g/mol. The maximum absolute atomic E-state index is 15.1. The first-order valence-corrected chi connectivity index (χ1v) is 15.6. The highest BCUT2D eigenvalue weighted by atomic mass is 35.5. The maximum atomic E-state index is 15.1. The monoisotopic (exact) mass is 478 g/mol. The molecule has 1 fully saturated rings. The van der Waals surface area contributed by atoms with E-state index in [2.05, 4.69) is 49.4 Å². The van der Waals surface area contributed by atoms with Crippen LogP contribution in [0.15, 0.2) is 66.7 Å². The number of rotatable bonds is 9. The Morgan fingerprint density at radius 1 is 0.848 bits per heavy atom. The fourth-order valence-electron chi connectivity index (χ4n) is 5.28. The molecule has 0 spiro atoms. The fourth-order valence-corrected chi connectivity index (χ4v) is 8.88. The van der Waals surface area contributed by atoms with Crippen molar-refractivity contribution in [2.24, 2.45) is 0 Å². The highest BCUT2D eigenvalue weighted by Crippen LogP contribution is 2.37. The first-order chi connectivity index (χ1) is 16.1. The first-order valence-electron chi connectivity index (χ1n) is 12.8. The molecule has 1 heterocycles. The second-order valence-corrected chi connectivity index (χ2v) is 13.7. The van der Waals surface area contributed by atoms with E-state index in [0.717, 1.165) is 23.4 Å². The van der Waals surface area contributed by atoms with Gasteiger partial charge in [-0.15, -0.1) is 0 Å². The molecule has 0 amide bonds. The molecule has 1 aliphatic heterocycles. The van der Waals surface area contributed by atoms with E-state index in [9.17, 15) is 0 Å². The lowest BCUT2D eigenvalue weighted by molar-refractivity contribution is 0.588. The number of unbranched alkanes of at least 4 members (excludes halogenated alkanes) is 2. The van der Waals surface area contributed by atoms with Crippen LogP contribution in [0.1, 0.15) is 61.6 Å². The summed E-state index contributed by atoms with van der Waals surface area (Å²) in [5.74, 6) is 0.474. The molecule has 1 saturated heterocycles. The van der Waals surface area contributed by atoms with Gasteiger partial charge in [-0.3, -0.25) is 0 Å². The van der Waals surface area contributed by atoms with E-state index in [1.807, 2.05) is 24.3 Å². The van der Waals surface area contributed by atoms with Crippen LogP contribution < -0.4 is 0 Å². The van der Waals surface area contributed by atoms with Crippen molar-refractivity contribution in [3.05, 3.63) is 94.3 Å². The molecule has 0 aliphatic carbocycles. The van der Waals surface area contributed by atoms with E-state index in [0.29, 0.717) is 11.5 Å². The molecule has 4 rings (SSSR count). The summed E-state index contributed by atoms with van der Waals surface area (Å²) >= 11 is 5.97. The number of aryl methyl sites for hydroxylation is 2. The molecule has 0 saturated carbocycles. The van der Waals surface area contributed by atoms with Crippen LogP contribution in [0.2, 0.25) is 23.2 Å². The molecule has 174 valence electrons. The molecule has 0 N–H and O–H groups in total. The van der Waals surface area contributed by atoms with Crippen LogP contribution in [0.5, 0.6) is 0 Å². The quantitative estimate of drug-likeness (QED) is 0.212. The van der Waals surface area contributed by atoms with Gasteiger partial charge < -0.3 is 0 Å². The van der Waals surface area contributed by atoms with E-state index in [4.69, 9.17) is 11.6 Å². The summed E-state index contributed by atoms with van der Waals surface area (Å²) in [6.07, 6.45) is 8.62. The van der Waals surface area contributed by atoms with Crippen LogP contribution in [0, 0.1) is 5.82 Å². The molecule has 0 bridgehead atoms. The minimum absolute atomic E-state index is 0.0799. The summed E-state index contributed by atoms with van der Waals surface area (Å²) in [6, 6.07) is 26.8.